The molecule has 0 amide bonds. The third-order valence-corrected chi connectivity index (χ3v) is 4.25. The molecule has 1 N–H and O–H groups in total. The van der Waals surface area contributed by atoms with Gasteiger partial charge in [0.05, 0.1) is 6.10 Å². The molecule has 2 nitrogen and oxygen atoms in total. The van der Waals surface area contributed by atoms with E-state index in [1.54, 1.807) is 0 Å². The minimum absolute atomic E-state index is 0.00413. The first-order valence-corrected chi connectivity index (χ1v) is 6.54. The van der Waals surface area contributed by atoms with Crippen molar-refractivity contribution < 1.29 is 5.11 Å². The molecule has 2 heteroatoms. The van der Waals surface area contributed by atoms with Crippen LogP contribution in [0.3, 0.4) is 0 Å². The third-order valence-electron chi connectivity index (χ3n) is 4.25. The number of hydrogen-bond donors (Lipinski definition) is 1. The molecule has 0 spiro atoms. The van der Waals surface area contributed by atoms with Crippen LogP contribution in [0, 0.1) is 0 Å². The molecular weight excluding hydrogens is 210 g/mol. The van der Waals surface area contributed by atoms with Crippen molar-refractivity contribution in [1.29, 1.82) is 0 Å². The van der Waals surface area contributed by atoms with Crippen LogP contribution in [0.4, 0.5) is 0 Å². The fourth-order valence-corrected chi connectivity index (χ4v) is 3.09. The molecule has 0 saturated heterocycles. The van der Waals surface area contributed by atoms with Gasteiger partial charge in [-0.1, -0.05) is 43.2 Å². The second-order valence-corrected chi connectivity index (χ2v) is 5.41. The normalized spacial score (nSPS) is 20.7. The van der Waals surface area contributed by atoms with Gasteiger partial charge in [-0.2, -0.15) is 0 Å². The summed E-state index contributed by atoms with van der Waals surface area (Å²) >= 11 is 0. The highest BCUT2D eigenvalue weighted by Crippen LogP contribution is 2.37. The second-order valence-electron chi connectivity index (χ2n) is 5.41. The number of benzene rings is 1. The van der Waals surface area contributed by atoms with E-state index in [2.05, 4.69) is 31.1 Å². The van der Waals surface area contributed by atoms with Crippen LogP contribution in [-0.4, -0.2) is 35.7 Å². The summed E-state index contributed by atoms with van der Waals surface area (Å²) < 4.78 is 0. The highest BCUT2D eigenvalue weighted by Gasteiger charge is 2.42. The van der Waals surface area contributed by atoms with Gasteiger partial charge in [-0.05, 0) is 32.5 Å². The molecule has 0 radical (unpaired) electrons. The highest BCUT2D eigenvalue weighted by molar-refractivity contribution is 5.17. The van der Waals surface area contributed by atoms with E-state index >= 15 is 0 Å². The zero-order valence-corrected chi connectivity index (χ0v) is 10.9. The van der Waals surface area contributed by atoms with E-state index in [0.717, 1.165) is 19.3 Å². The van der Waals surface area contributed by atoms with Gasteiger partial charge in [0.1, 0.15) is 0 Å². The first-order valence-electron chi connectivity index (χ1n) is 6.54. The van der Waals surface area contributed by atoms with Crippen LogP contribution in [0.25, 0.3) is 0 Å². The lowest BCUT2D eigenvalue weighted by molar-refractivity contribution is -0.00250. The van der Waals surface area contributed by atoms with E-state index in [4.69, 9.17) is 0 Å². The van der Waals surface area contributed by atoms with Gasteiger partial charge in [0, 0.05) is 12.0 Å². The Morgan fingerprint density at radius 1 is 1.18 bits per heavy atom. The Morgan fingerprint density at radius 3 is 2.29 bits per heavy atom. The Hall–Kier alpha value is -0.860. The zero-order valence-electron chi connectivity index (χ0n) is 10.9. The molecule has 1 fully saturated rings. The van der Waals surface area contributed by atoms with Gasteiger partial charge in [0.15, 0.2) is 0 Å². The minimum atomic E-state index is -0.262. The maximum absolute atomic E-state index is 10.6. The number of aliphatic hydroxyl groups excluding tert-OH is 1. The first kappa shape index (κ1) is 12.6. The Kier molecular flexibility index (Phi) is 3.85. The maximum atomic E-state index is 10.6. The predicted octanol–water partition coefficient (Wildman–Crippen LogP) is 2.46. The largest absolute Gasteiger partial charge is 0.391 e. The molecule has 1 atom stereocenters. The summed E-state index contributed by atoms with van der Waals surface area (Å²) in [5.41, 5.74) is 1.23. The van der Waals surface area contributed by atoms with Gasteiger partial charge in [-0.25, -0.2) is 0 Å². The zero-order chi connectivity index (χ0) is 12.3. The first-order chi connectivity index (χ1) is 8.15. The van der Waals surface area contributed by atoms with Gasteiger partial charge < -0.3 is 10.0 Å². The molecule has 1 unspecified atom stereocenters. The van der Waals surface area contributed by atoms with E-state index in [-0.39, 0.29) is 11.6 Å². The Balaban J connectivity index is 2.10. The van der Waals surface area contributed by atoms with Crippen LogP contribution in [0.2, 0.25) is 0 Å². The maximum Gasteiger partial charge on any atom is 0.0763 e. The molecule has 94 valence electrons. The van der Waals surface area contributed by atoms with Crippen molar-refractivity contribution in [3.8, 4) is 0 Å². The average molecular weight is 233 g/mol. The summed E-state index contributed by atoms with van der Waals surface area (Å²) in [6.07, 6.45) is 5.22. The summed E-state index contributed by atoms with van der Waals surface area (Å²) in [5, 5.41) is 10.6. The molecule has 1 saturated carbocycles. The lowest BCUT2D eigenvalue weighted by atomic mass is 9.85. The lowest BCUT2D eigenvalue weighted by Crippen LogP contribution is -2.52. The number of aliphatic hydroxyl groups is 1. The molecule has 0 heterocycles. The van der Waals surface area contributed by atoms with Crippen LogP contribution < -0.4 is 0 Å². The van der Waals surface area contributed by atoms with E-state index in [1.807, 2.05) is 18.2 Å². The molecule has 1 aromatic carbocycles. The third kappa shape index (κ3) is 2.53. The predicted molar refractivity (Wildman–Crippen MR) is 71.0 cm³/mol. The Labute approximate surface area is 104 Å². The van der Waals surface area contributed by atoms with Gasteiger partial charge in [-0.15, -0.1) is 0 Å². The lowest BCUT2D eigenvalue weighted by Gasteiger charge is -2.40. The van der Waals surface area contributed by atoms with Gasteiger partial charge >= 0.3 is 0 Å². The van der Waals surface area contributed by atoms with Crippen molar-refractivity contribution in [3.05, 3.63) is 35.9 Å². The van der Waals surface area contributed by atoms with Gasteiger partial charge in [-0.3, -0.25) is 0 Å². The van der Waals surface area contributed by atoms with E-state index in [0.29, 0.717) is 0 Å². The summed E-state index contributed by atoms with van der Waals surface area (Å²) in [6, 6.07) is 10.3. The molecular formula is C15H23NO. The van der Waals surface area contributed by atoms with Crippen LogP contribution in [0.15, 0.2) is 30.3 Å². The van der Waals surface area contributed by atoms with Gasteiger partial charge in [0.2, 0.25) is 0 Å². The van der Waals surface area contributed by atoms with E-state index in [1.165, 1.54) is 18.4 Å². The molecule has 0 bridgehead atoms. The van der Waals surface area contributed by atoms with Crippen LogP contribution >= 0.6 is 0 Å². The number of hydrogen-bond acceptors (Lipinski definition) is 2. The summed E-state index contributed by atoms with van der Waals surface area (Å²) in [5.74, 6) is 0. The molecule has 0 aromatic heterocycles. The molecule has 1 aliphatic carbocycles. The van der Waals surface area contributed by atoms with Crippen molar-refractivity contribution >= 4 is 0 Å². The fourth-order valence-electron chi connectivity index (χ4n) is 3.09. The standard InChI is InChI=1S/C15H23NO/c1-16(2)15(10-6-7-11-15)14(17)12-13-8-4-3-5-9-13/h3-5,8-9,14,17H,6-7,10-12H2,1-2H3. The van der Waals surface area contributed by atoms with E-state index in [9.17, 15) is 5.11 Å². The summed E-state index contributed by atoms with van der Waals surface area (Å²) in [7, 11) is 4.19. The van der Waals surface area contributed by atoms with Crippen molar-refractivity contribution in [2.75, 3.05) is 14.1 Å². The van der Waals surface area contributed by atoms with Crippen LogP contribution in [0.1, 0.15) is 31.2 Å². The number of nitrogens with zero attached hydrogens (tertiary/aromatic N) is 1. The van der Waals surface area contributed by atoms with Crippen LogP contribution in [0.5, 0.6) is 0 Å². The number of likely N-dealkylation sites (N-methyl/N-ethyl adjacent to an activating group) is 1. The summed E-state index contributed by atoms with van der Waals surface area (Å²) in [4.78, 5) is 2.23. The Bertz CT molecular complexity index is 341. The van der Waals surface area contributed by atoms with Gasteiger partial charge in [0.25, 0.3) is 0 Å². The quantitative estimate of drug-likeness (QED) is 0.863. The Morgan fingerprint density at radius 2 is 1.76 bits per heavy atom. The molecule has 2 rings (SSSR count). The minimum Gasteiger partial charge on any atom is -0.391 e. The monoisotopic (exact) mass is 233 g/mol. The molecule has 17 heavy (non-hydrogen) atoms. The molecule has 1 aromatic rings. The molecule has 0 aliphatic heterocycles. The van der Waals surface area contributed by atoms with Crippen LogP contribution in [-0.2, 0) is 6.42 Å². The van der Waals surface area contributed by atoms with Crippen molar-refractivity contribution in [2.24, 2.45) is 0 Å². The summed E-state index contributed by atoms with van der Waals surface area (Å²) in [6.45, 7) is 0. The fraction of sp³-hybridized carbons (Fsp3) is 0.600. The topological polar surface area (TPSA) is 23.5 Å². The van der Waals surface area contributed by atoms with Crippen molar-refractivity contribution in [3.63, 3.8) is 0 Å². The second kappa shape index (κ2) is 5.19. The highest BCUT2D eigenvalue weighted by atomic mass is 16.3. The number of rotatable bonds is 4. The van der Waals surface area contributed by atoms with Crippen molar-refractivity contribution in [1.82, 2.24) is 4.90 Å². The smallest absolute Gasteiger partial charge is 0.0763 e. The molecule has 1 aliphatic rings. The SMILES string of the molecule is CN(C)C1(C(O)Cc2ccccc2)CCCC1. The van der Waals surface area contributed by atoms with Crippen molar-refractivity contribution in [2.45, 2.75) is 43.7 Å². The average Bonchev–Trinajstić information content (AvgIpc) is 2.80. The van der Waals surface area contributed by atoms with E-state index < -0.39 is 0 Å².